The van der Waals surface area contributed by atoms with E-state index in [0.717, 1.165) is 12.0 Å². The summed E-state index contributed by atoms with van der Waals surface area (Å²) in [5.74, 6) is 0. The molecule has 1 aliphatic carbocycles. The average molecular weight is 207 g/mol. The van der Waals surface area contributed by atoms with E-state index in [0.29, 0.717) is 0 Å². The van der Waals surface area contributed by atoms with Gasteiger partial charge in [-0.25, -0.2) is 0 Å². The van der Waals surface area contributed by atoms with Crippen molar-refractivity contribution in [3.8, 4) is 0 Å². The minimum absolute atomic E-state index is 0.425. The lowest BCUT2D eigenvalue weighted by Gasteiger charge is -1.99. The Morgan fingerprint density at radius 1 is 1.29 bits per heavy atom. The summed E-state index contributed by atoms with van der Waals surface area (Å²) in [6.45, 7) is 0. The van der Waals surface area contributed by atoms with Gasteiger partial charge in [0.1, 0.15) is 0 Å². The summed E-state index contributed by atoms with van der Waals surface area (Å²) in [6.07, 6.45) is 6.74. The lowest BCUT2D eigenvalue weighted by Crippen LogP contribution is -1.83. The van der Waals surface area contributed by atoms with Gasteiger partial charge < -0.3 is 0 Å². The molecule has 1 nitrogen and oxygen atoms in total. The van der Waals surface area contributed by atoms with E-state index >= 15 is 0 Å². The van der Waals surface area contributed by atoms with Gasteiger partial charge in [0.25, 0.3) is 0 Å². The number of fused-ring (bicyclic) bond motifs is 1. The van der Waals surface area contributed by atoms with Gasteiger partial charge in [-0.1, -0.05) is 24.3 Å². The van der Waals surface area contributed by atoms with E-state index in [2.05, 4.69) is 12.1 Å². The van der Waals surface area contributed by atoms with Crippen molar-refractivity contribution in [2.75, 3.05) is 0 Å². The van der Waals surface area contributed by atoms with Crippen LogP contribution in [0.25, 0.3) is 6.08 Å². The first-order valence-corrected chi connectivity index (χ1v) is 5.13. The van der Waals surface area contributed by atoms with E-state index < -0.39 is 5.24 Å². The van der Waals surface area contributed by atoms with Crippen LogP contribution in [0.4, 0.5) is 0 Å². The Labute approximate surface area is 88.4 Å². The van der Waals surface area contributed by atoms with Gasteiger partial charge in [0.2, 0.25) is 5.24 Å². The van der Waals surface area contributed by atoms with Gasteiger partial charge >= 0.3 is 0 Å². The summed E-state index contributed by atoms with van der Waals surface area (Å²) < 4.78 is 0. The molecule has 0 N–H and O–H groups in total. The van der Waals surface area contributed by atoms with Gasteiger partial charge in [-0.05, 0) is 53.6 Å². The van der Waals surface area contributed by atoms with Crippen LogP contribution in [-0.2, 0) is 17.6 Å². The molecule has 72 valence electrons. The zero-order valence-corrected chi connectivity index (χ0v) is 8.55. The molecule has 0 amide bonds. The average Bonchev–Trinajstić information content (AvgIpc) is 2.61. The van der Waals surface area contributed by atoms with Gasteiger partial charge in [0.05, 0.1) is 0 Å². The predicted molar refractivity (Wildman–Crippen MR) is 58.4 cm³/mol. The second-order valence-electron chi connectivity index (χ2n) is 3.52. The molecule has 0 bridgehead atoms. The van der Waals surface area contributed by atoms with Crippen LogP contribution in [0.2, 0.25) is 0 Å². The standard InChI is InChI=1S/C12H11ClO/c13-12(14)7-5-9-4-6-10-2-1-3-11(10)8-9/h4-8H,1-3H2/b7-5+. The third kappa shape index (κ3) is 2.05. The number of rotatable bonds is 2. The van der Waals surface area contributed by atoms with E-state index in [1.807, 2.05) is 6.07 Å². The Hall–Kier alpha value is -1.08. The molecule has 1 aliphatic rings. The lowest BCUT2D eigenvalue weighted by atomic mass is 10.1. The highest BCUT2D eigenvalue weighted by atomic mass is 35.5. The highest BCUT2D eigenvalue weighted by Crippen LogP contribution is 2.23. The molecule has 0 atom stereocenters. The number of aryl methyl sites for hydroxylation is 2. The maximum Gasteiger partial charge on any atom is 0.245 e. The summed E-state index contributed by atoms with van der Waals surface area (Å²) in [5.41, 5.74) is 3.91. The van der Waals surface area contributed by atoms with Crippen LogP contribution in [0.15, 0.2) is 24.3 Å². The Kier molecular flexibility index (Phi) is 2.69. The molecule has 0 aromatic heterocycles. The maximum atomic E-state index is 10.5. The topological polar surface area (TPSA) is 17.1 Å². The van der Waals surface area contributed by atoms with Gasteiger partial charge in [-0.3, -0.25) is 4.79 Å². The second kappa shape index (κ2) is 3.97. The summed E-state index contributed by atoms with van der Waals surface area (Å²) in [7, 11) is 0. The van der Waals surface area contributed by atoms with E-state index in [1.54, 1.807) is 6.08 Å². The third-order valence-electron chi connectivity index (χ3n) is 2.53. The maximum absolute atomic E-state index is 10.5. The predicted octanol–water partition coefficient (Wildman–Crippen LogP) is 2.95. The molecular weight excluding hydrogens is 196 g/mol. The quantitative estimate of drug-likeness (QED) is 0.537. The van der Waals surface area contributed by atoms with Gasteiger partial charge in [0, 0.05) is 0 Å². The van der Waals surface area contributed by atoms with E-state index in [1.165, 1.54) is 30.0 Å². The van der Waals surface area contributed by atoms with Crippen molar-refractivity contribution in [2.24, 2.45) is 0 Å². The summed E-state index contributed by atoms with van der Waals surface area (Å²) >= 11 is 5.22. The molecule has 0 heterocycles. The molecule has 0 saturated heterocycles. The first-order valence-electron chi connectivity index (χ1n) is 4.75. The Bertz CT molecular complexity index is 393. The van der Waals surface area contributed by atoms with Crippen molar-refractivity contribution in [1.29, 1.82) is 0 Å². The van der Waals surface area contributed by atoms with E-state index in [9.17, 15) is 4.79 Å². The minimum atomic E-state index is -0.425. The minimum Gasteiger partial charge on any atom is -0.276 e. The number of hydrogen-bond acceptors (Lipinski definition) is 1. The van der Waals surface area contributed by atoms with Crippen LogP contribution < -0.4 is 0 Å². The molecule has 0 fully saturated rings. The molecule has 0 unspecified atom stereocenters. The van der Waals surface area contributed by atoms with Crippen molar-refractivity contribution in [1.82, 2.24) is 0 Å². The van der Waals surface area contributed by atoms with Gasteiger partial charge in [0.15, 0.2) is 0 Å². The van der Waals surface area contributed by atoms with E-state index in [-0.39, 0.29) is 0 Å². The van der Waals surface area contributed by atoms with Crippen LogP contribution in [-0.4, -0.2) is 5.24 Å². The Balaban J connectivity index is 2.25. The number of benzene rings is 1. The number of hydrogen-bond donors (Lipinski definition) is 0. The van der Waals surface area contributed by atoms with Crippen molar-refractivity contribution in [3.63, 3.8) is 0 Å². The van der Waals surface area contributed by atoms with E-state index in [4.69, 9.17) is 11.6 Å². The molecule has 1 aromatic carbocycles. The molecule has 0 radical (unpaired) electrons. The number of carbonyl (C=O) groups is 1. The van der Waals surface area contributed by atoms with Gasteiger partial charge in [-0.15, -0.1) is 0 Å². The van der Waals surface area contributed by atoms with Gasteiger partial charge in [-0.2, -0.15) is 0 Å². The molecule has 2 rings (SSSR count). The summed E-state index contributed by atoms with van der Waals surface area (Å²) in [5, 5.41) is -0.425. The molecule has 0 spiro atoms. The highest BCUT2D eigenvalue weighted by molar-refractivity contribution is 6.66. The van der Waals surface area contributed by atoms with Crippen LogP contribution in [0.3, 0.4) is 0 Å². The molecule has 14 heavy (non-hydrogen) atoms. The smallest absolute Gasteiger partial charge is 0.245 e. The second-order valence-corrected chi connectivity index (χ2v) is 3.89. The highest BCUT2D eigenvalue weighted by Gasteiger charge is 2.09. The molecule has 0 saturated carbocycles. The molecule has 0 aliphatic heterocycles. The fraction of sp³-hybridized carbons (Fsp3) is 0.250. The first kappa shape index (κ1) is 9.47. The zero-order chi connectivity index (χ0) is 9.97. The van der Waals surface area contributed by atoms with Crippen molar-refractivity contribution in [3.05, 3.63) is 41.0 Å². The zero-order valence-electron chi connectivity index (χ0n) is 7.79. The van der Waals surface area contributed by atoms with Crippen LogP contribution in [0, 0.1) is 0 Å². The summed E-state index contributed by atoms with van der Waals surface area (Å²) in [6, 6.07) is 6.31. The monoisotopic (exact) mass is 206 g/mol. The lowest BCUT2D eigenvalue weighted by molar-refractivity contribution is -0.107. The SMILES string of the molecule is O=C(Cl)/C=C/c1ccc2c(c1)CCC2. The van der Waals surface area contributed by atoms with Crippen LogP contribution in [0.5, 0.6) is 0 Å². The summed E-state index contributed by atoms with van der Waals surface area (Å²) in [4.78, 5) is 10.5. The Morgan fingerprint density at radius 2 is 2.07 bits per heavy atom. The number of carbonyl (C=O) groups excluding carboxylic acids is 1. The van der Waals surface area contributed by atoms with Crippen LogP contribution in [0.1, 0.15) is 23.1 Å². The molecular formula is C12H11ClO. The van der Waals surface area contributed by atoms with Crippen molar-refractivity contribution < 1.29 is 4.79 Å². The normalized spacial score (nSPS) is 14.6. The fourth-order valence-electron chi connectivity index (χ4n) is 1.86. The largest absolute Gasteiger partial charge is 0.276 e. The van der Waals surface area contributed by atoms with Crippen molar-refractivity contribution >= 4 is 22.9 Å². The first-order chi connectivity index (χ1) is 6.75. The third-order valence-corrected chi connectivity index (χ3v) is 2.66. The number of allylic oxidation sites excluding steroid dienone is 1. The fourth-order valence-corrected chi connectivity index (χ4v) is 1.92. The molecule has 2 heteroatoms. The number of halogens is 1. The molecule has 1 aromatic rings. The van der Waals surface area contributed by atoms with Crippen molar-refractivity contribution in [2.45, 2.75) is 19.3 Å². The van der Waals surface area contributed by atoms with Crippen LogP contribution >= 0.6 is 11.6 Å². The Morgan fingerprint density at radius 3 is 2.86 bits per heavy atom.